The highest BCUT2D eigenvalue weighted by atomic mass is 16.5. The molecule has 4 aromatic rings. The number of ether oxygens (including phenoxy) is 3. The van der Waals surface area contributed by atoms with E-state index in [9.17, 15) is 4.79 Å². The van der Waals surface area contributed by atoms with Crippen molar-refractivity contribution in [1.82, 2.24) is 25.0 Å². The predicted molar refractivity (Wildman–Crippen MR) is 136 cm³/mol. The van der Waals surface area contributed by atoms with Gasteiger partial charge in [0.2, 0.25) is 5.91 Å². The number of rotatable bonds is 7. The van der Waals surface area contributed by atoms with Crippen LogP contribution in [-0.2, 0) is 4.79 Å². The van der Waals surface area contributed by atoms with Gasteiger partial charge in [0.25, 0.3) is 5.95 Å². The molecule has 1 atom stereocenters. The molecule has 2 aromatic heterocycles. The topological polar surface area (TPSA) is 113 Å². The van der Waals surface area contributed by atoms with Crippen LogP contribution in [-0.4, -0.2) is 51.7 Å². The van der Waals surface area contributed by atoms with Gasteiger partial charge in [0.05, 0.1) is 31.8 Å². The number of nitrogens with one attached hydrogen (secondary N) is 1. The lowest BCUT2D eigenvalue weighted by atomic mass is 9.85. The summed E-state index contributed by atoms with van der Waals surface area (Å²) in [6, 6.07) is 13.0. The Balaban J connectivity index is 1.55. The Morgan fingerprint density at radius 1 is 1.14 bits per heavy atom. The van der Waals surface area contributed by atoms with Gasteiger partial charge in [0, 0.05) is 23.5 Å². The molecule has 1 amide bonds. The van der Waals surface area contributed by atoms with E-state index < -0.39 is 0 Å². The third kappa shape index (κ3) is 4.54. The molecule has 0 fully saturated rings. The Morgan fingerprint density at radius 2 is 1.95 bits per heavy atom. The number of nitrogens with zero attached hydrogens (tertiary/aromatic N) is 5. The number of aryl methyl sites for hydroxylation is 1. The second kappa shape index (κ2) is 9.99. The van der Waals surface area contributed by atoms with Gasteiger partial charge in [-0.25, -0.2) is 4.98 Å². The molecule has 0 unspecified atom stereocenters. The van der Waals surface area contributed by atoms with Crippen LogP contribution in [0.1, 0.15) is 29.2 Å². The number of hydrogen-bond acceptors (Lipinski definition) is 8. The van der Waals surface area contributed by atoms with Crippen LogP contribution in [0, 0.1) is 19.3 Å². The first-order chi connectivity index (χ1) is 18.0. The molecule has 0 spiro atoms. The fourth-order valence-electron chi connectivity index (χ4n) is 4.40. The first-order valence-electron chi connectivity index (χ1n) is 11.5. The predicted octanol–water partition coefficient (Wildman–Crippen LogP) is 3.54. The smallest absolute Gasteiger partial charge is 0.272 e. The maximum absolute atomic E-state index is 12.8. The lowest BCUT2D eigenvalue weighted by Gasteiger charge is -2.24. The zero-order valence-electron chi connectivity index (χ0n) is 20.6. The Bertz CT molecular complexity index is 1510. The molecule has 0 radical (unpaired) electrons. The Labute approximate surface area is 213 Å². The third-order valence-corrected chi connectivity index (χ3v) is 6.13. The number of terminal acetylenes is 1. The van der Waals surface area contributed by atoms with Gasteiger partial charge >= 0.3 is 0 Å². The molecular formula is C27H24N6O4. The van der Waals surface area contributed by atoms with Crippen LogP contribution in [0.3, 0.4) is 0 Å². The van der Waals surface area contributed by atoms with Crippen LogP contribution in [0.2, 0.25) is 0 Å². The van der Waals surface area contributed by atoms with Crippen LogP contribution >= 0.6 is 0 Å². The van der Waals surface area contributed by atoms with E-state index in [2.05, 4.69) is 31.5 Å². The summed E-state index contributed by atoms with van der Waals surface area (Å²) in [4.78, 5) is 17.5. The molecule has 0 saturated carbocycles. The number of fused-ring (bicyclic) bond motifs is 1. The van der Waals surface area contributed by atoms with E-state index >= 15 is 0 Å². The Morgan fingerprint density at radius 3 is 2.68 bits per heavy atom. The number of methoxy groups -OCH3 is 2. The van der Waals surface area contributed by atoms with E-state index in [0.717, 1.165) is 28.1 Å². The van der Waals surface area contributed by atoms with Gasteiger partial charge in [0.15, 0.2) is 11.5 Å². The lowest BCUT2D eigenvalue weighted by Crippen LogP contribution is -2.25. The van der Waals surface area contributed by atoms with Gasteiger partial charge in [-0.05, 0) is 48.9 Å². The molecule has 5 rings (SSSR count). The summed E-state index contributed by atoms with van der Waals surface area (Å²) in [6.07, 6.45) is 7.14. The molecule has 1 aliphatic heterocycles. The highest BCUT2D eigenvalue weighted by Crippen LogP contribution is 2.42. The van der Waals surface area contributed by atoms with Crippen molar-refractivity contribution in [3.8, 4) is 46.8 Å². The van der Waals surface area contributed by atoms with Gasteiger partial charge in [-0.1, -0.05) is 12.0 Å². The summed E-state index contributed by atoms with van der Waals surface area (Å²) in [7, 11) is 3.17. The average Bonchev–Trinajstić information content (AvgIpc) is 3.27. The zero-order valence-corrected chi connectivity index (χ0v) is 20.6. The van der Waals surface area contributed by atoms with Crippen LogP contribution in [0.15, 0.2) is 48.7 Å². The number of carbonyl (C=O) groups is 1. The second-order valence-corrected chi connectivity index (χ2v) is 8.34. The summed E-state index contributed by atoms with van der Waals surface area (Å²) in [5.41, 5.74) is 3.95. The summed E-state index contributed by atoms with van der Waals surface area (Å²) < 4.78 is 17.8. The van der Waals surface area contributed by atoms with Crippen molar-refractivity contribution in [3.63, 3.8) is 0 Å². The first kappa shape index (κ1) is 23.8. The van der Waals surface area contributed by atoms with Gasteiger partial charge in [0.1, 0.15) is 18.2 Å². The molecule has 37 heavy (non-hydrogen) atoms. The minimum Gasteiger partial charge on any atom is -0.497 e. The van der Waals surface area contributed by atoms with Crippen molar-refractivity contribution in [1.29, 1.82) is 0 Å². The molecule has 2 aromatic carbocycles. The highest BCUT2D eigenvalue weighted by Gasteiger charge is 2.33. The van der Waals surface area contributed by atoms with E-state index in [1.165, 1.54) is 4.68 Å². The minimum absolute atomic E-state index is 0.126. The van der Waals surface area contributed by atoms with E-state index in [4.69, 9.17) is 20.6 Å². The normalized spacial score (nSPS) is 14.3. The molecule has 0 aliphatic carbocycles. The fourth-order valence-corrected chi connectivity index (χ4v) is 4.40. The van der Waals surface area contributed by atoms with E-state index in [-0.39, 0.29) is 30.8 Å². The summed E-state index contributed by atoms with van der Waals surface area (Å²) >= 11 is 0. The molecule has 1 aliphatic rings. The van der Waals surface area contributed by atoms with Gasteiger partial charge in [-0.2, -0.15) is 14.9 Å². The van der Waals surface area contributed by atoms with Gasteiger partial charge < -0.3 is 19.5 Å². The van der Waals surface area contributed by atoms with Gasteiger partial charge in [-0.3, -0.25) is 4.79 Å². The van der Waals surface area contributed by atoms with Crippen molar-refractivity contribution in [2.75, 3.05) is 26.1 Å². The fraction of sp³-hybridized carbons (Fsp3) is 0.222. The molecule has 186 valence electrons. The van der Waals surface area contributed by atoms with E-state index in [1.807, 2.05) is 43.3 Å². The minimum atomic E-state index is -0.259. The summed E-state index contributed by atoms with van der Waals surface area (Å²) in [6.45, 7) is 2.02. The monoisotopic (exact) mass is 496 g/mol. The van der Waals surface area contributed by atoms with Crippen molar-refractivity contribution in [3.05, 3.63) is 65.5 Å². The second-order valence-electron chi connectivity index (χ2n) is 8.34. The number of hydrogen-bond donors (Lipinski definition) is 1. The SMILES string of the molecule is C#CCOc1ccc([C@H]2CC(=O)Nc3c2c(C)nn3-c2nncc(-c3ccc(OC)cc3)n2)cc1OC. The van der Waals surface area contributed by atoms with Crippen LogP contribution in [0.4, 0.5) is 5.82 Å². The maximum Gasteiger partial charge on any atom is 0.272 e. The molecule has 3 heterocycles. The van der Waals surface area contributed by atoms with E-state index in [1.54, 1.807) is 26.5 Å². The largest absolute Gasteiger partial charge is 0.497 e. The molecule has 10 heteroatoms. The first-order valence-corrected chi connectivity index (χ1v) is 11.5. The summed E-state index contributed by atoms with van der Waals surface area (Å²) in [5, 5.41) is 15.9. The average molecular weight is 497 g/mol. The number of carbonyl (C=O) groups excluding carboxylic acids is 1. The quantitative estimate of drug-likeness (QED) is 0.387. The van der Waals surface area contributed by atoms with E-state index in [0.29, 0.717) is 23.0 Å². The van der Waals surface area contributed by atoms with Crippen molar-refractivity contribution < 1.29 is 19.0 Å². The molecule has 0 saturated heterocycles. The van der Waals surface area contributed by atoms with Crippen LogP contribution in [0.25, 0.3) is 17.2 Å². The number of anilines is 1. The van der Waals surface area contributed by atoms with Gasteiger partial charge in [-0.15, -0.1) is 11.5 Å². The number of aromatic nitrogens is 5. The standard InChI is InChI=1S/C27H24N6O4/c1-5-12-37-22-11-8-18(13-23(22)36-4)20-14-24(34)30-26-25(20)16(2)32-33(26)27-29-21(15-28-31-27)17-6-9-19(35-3)10-7-17/h1,6-11,13,15,20H,12,14H2,2-4H3,(H,30,34)/t20-/m1/s1. The summed E-state index contributed by atoms with van der Waals surface area (Å²) in [5.74, 6) is 4.60. The zero-order chi connectivity index (χ0) is 25.9. The highest BCUT2D eigenvalue weighted by molar-refractivity contribution is 5.95. The third-order valence-electron chi connectivity index (χ3n) is 6.13. The molecular weight excluding hydrogens is 472 g/mol. The Kier molecular flexibility index (Phi) is 6.43. The van der Waals surface area contributed by atoms with Crippen molar-refractivity contribution in [2.24, 2.45) is 0 Å². The molecule has 1 N–H and O–H groups in total. The number of amides is 1. The molecule has 0 bridgehead atoms. The maximum atomic E-state index is 12.8. The molecule has 10 nitrogen and oxygen atoms in total. The van der Waals surface area contributed by atoms with Crippen LogP contribution < -0.4 is 19.5 Å². The van der Waals surface area contributed by atoms with Crippen molar-refractivity contribution >= 4 is 11.7 Å². The number of benzene rings is 2. The Hall–Kier alpha value is -4.91. The lowest BCUT2D eigenvalue weighted by molar-refractivity contribution is -0.116. The van der Waals surface area contributed by atoms with Crippen LogP contribution in [0.5, 0.6) is 17.2 Å². The van der Waals surface area contributed by atoms with Crippen molar-refractivity contribution in [2.45, 2.75) is 19.3 Å².